The normalized spacial score (nSPS) is 15.7. The van der Waals surface area contributed by atoms with E-state index in [1.54, 1.807) is 16.2 Å². The Kier molecular flexibility index (Phi) is 6.88. The predicted molar refractivity (Wildman–Crippen MR) is 126 cm³/mol. The Balaban J connectivity index is 1.73. The molecule has 1 fully saturated rings. The van der Waals surface area contributed by atoms with Gasteiger partial charge in [-0.25, -0.2) is 0 Å². The van der Waals surface area contributed by atoms with Gasteiger partial charge in [0.05, 0.1) is 13.1 Å². The van der Waals surface area contributed by atoms with Gasteiger partial charge in [-0.1, -0.05) is 48.9 Å². The van der Waals surface area contributed by atoms with Gasteiger partial charge in [0, 0.05) is 26.6 Å². The molecule has 1 atom stereocenters. The Morgan fingerprint density at radius 2 is 1.77 bits per heavy atom. The van der Waals surface area contributed by atoms with Crippen LogP contribution in [0.3, 0.4) is 0 Å². The number of hydrogen-bond acceptors (Lipinski definition) is 2. The van der Waals surface area contributed by atoms with Crippen LogP contribution < -0.4 is 10.2 Å². The van der Waals surface area contributed by atoms with Gasteiger partial charge in [0.15, 0.2) is 0 Å². The van der Waals surface area contributed by atoms with Crippen molar-refractivity contribution in [3.05, 3.63) is 87.3 Å². The van der Waals surface area contributed by atoms with E-state index < -0.39 is 0 Å². The van der Waals surface area contributed by atoms with E-state index in [1.165, 1.54) is 35.3 Å². The van der Waals surface area contributed by atoms with Crippen molar-refractivity contribution in [1.29, 1.82) is 0 Å². The monoisotopic (exact) mass is 439 g/mol. The molecule has 0 bridgehead atoms. The van der Waals surface area contributed by atoms with Crippen molar-refractivity contribution in [2.45, 2.75) is 38.6 Å². The summed E-state index contributed by atoms with van der Waals surface area (Å²) in [5.41, 5.74) is 3.16. The van der Waals surface area contributed by atoms with Gasteiger partial charge in [-0.2, -0.15) is 0 Å². The van der Waals surface area contributed by atoms with Crippen LogP contribution in [0.15, 0.2) is 60.7 Å². The Labute approximate surface area is 187 Å². The fraction of sp³-hybridized carbons (Fsp3) is 0.320. The maximum Gasteiger partial charge on any atom is 0.256 e. The van der Waals surface area contributed by atoms with Crippen molar-refractivity contribution in [2.24, 2.45) is 0 Å². The van der Waals surface area contributed by atoms with Crippen LogP contribution in [0.2, 0.25) is 5.02 Å². The molecule has 3 aromatic rings. The first kappa shape index (κ1) is 21.1. The molecule has 0 spiro atoms. The third-order valence-corrected chi connectivity index (χ3v) is 7.30. The smallest absolute Gasteiger partial charge is 0.256 e. The van der Waals surface area contributed by atoms with Crippen LogP contribution in [0.1, 0.15) is 58.6 Å². The number of thiophene rings is 1. The molecule has 1 amide bonds. The minimum atomic E-state index is -0.0511. The first-order valence-electron chi connectivity index (χ1n) is 10.7. The SMILES string of the molecule is CCc1cc([C@H](c2ccc(Cl)cc2)[NH+]2CCCCC2)c(NC(=O)c2ccccc2)s1. The number of benzene rings is 2. The first-order valence-corrected chi connectivity index (χ1v) is 11.9. The van der Waals surface area contributed by atoms with Crippen LogP contribution >= 0.6 is 22.9 Å². The highest BCUT2D eigenvalue weighted by Gasteiger charge is 2.31. The molecule has 0 aliphatic carbocycles. The molecule has 156 valence electrons. The predicted octanol–water partition coefficient (Wildman–Crippen LogP) is 5.37. The second kappa shape index (κ2) is 9.78. The molecule has 1 aliphatic heterocycles. The minimum absolute atomic E-state index is 0.0511. The van der Waals surface area contributed by atoms with Crippen molar-refractivity contribution in [3.8, 4) is 0 Å². The molecule has 1 aromatic heterocycles. The van der Waals surface area contributed by atoms with Gasteiger partial charge in [-0.15, -0.1) is 11.3 Å². The van der Waals surface area contributed by atoms with E-state index in [-0.39, 0.29) is 11.9 Å². The van der Waals surface area contributed by atoms with Crippen molar-refractivity contribution in [2.75, 3.05) is 18.4 Å². The fourth-order valence-corrected chi connectivity index (χ4v) is 5.45. The summed E-state index contributed by atoms with van der Waals surface area (Å²) < 4.78 is 0. The Morgan fingerprint density at radius 3 is 2.43 bits per heavy atom. The molecule has 3 nitrogen and oxygen atoms in total. The molecule has 2 N–H and O–H groups in total. The maximum absolute atomic E-state index is 12.9. The summed E-state index contributed by atoms with van der Waals surface area (Å²) in [4.78, 5) is 15.8. The Morgan fingerprint density at radius 1 is 1.07 bits per heavy atom. The van der Waals surface area contributed by atoms with Gasteiger partial charge in [0.2, 0.25) is 0 Å². The van der Waals surface area contributed by atoms with E-state index in [0.29, 0.717) is 5.56 Å². The topological polar surface area (TPSA) is 33.5 Å². The van der Waals surface area contributed by atoms with Crippen molar-refractivity contribution < 1.29 is 9.69 Å². The third-order valence-electron chi connectivity index (χ3n) is 5.84. The average Bonchev–Trinajstić information content (AvgIpc) is 3.19. The number of rotatable bonds is 6. The van der Waals surface area contributed by atoms with Gasteiger partial charge >= 0.3 is 0 Å². The molecule has 0 unspecified atom stereocenters. The van der Waals surface area contributed by atoms with Gasteiger partial charge in [0.1, 0.15) is 11.0 Å². The number of carbonyl (C=O) groups is 1. The van der Waals surface area contributed by atoms with Gasteiger partial charge < -0.3 is 10.2 Å². The zero-order valence-corrected chi connectivity index (χ0v) is 18.9. The number of likely N-dealkylation sites (tertiary alicyclic amines) is 1. The minimum Gasteiger partial charge on any atom is -0.325 e. The summed E-state index contributed by atoms with van der Waals surface area (Å²) in [6.45, 7) is 4.47. The molecule has 1 aliphatic rings. The van der Waals surface area contributed by atoms with E-state index in [0.717, 1.165) is 29.5 Å². The fourth-order valence-electron chi connectivity index (χ4n) is 4.29. The summed E-state index contributed by atoms with van der Waals surface area (Å²) >= 11 is 7.88. The number of carbonyl (C=O) groups excluding carboxylic acids is 1. The molecule has 0 radical (unpaired) electrons. The van der Waals surface area contributed by atoms with Gasteiger partial charge in [0.25, 0.3) is 5.91 Å². The Bertz CT molecular complexity index is 978. The number of anilines is 1. The van der Waals surface area contributed by atoms with Gasteiger partial charge in [-0.05, 0) is 56.0 Å². The summed E-state index contributed by atoms with van der Waals surface area (Å²) in [5, 5.41) is 4.95. The lowest BCUT2D eigenvalue weighted by Crippen LogP contribution is -3.13. The molecular weight excluding hydrogens is 412 g/mol. The molecule has 1 saturated heterocycles. The average molecular weight is 440 g/mol. The second-order valence-electron chi connectivity index (χ2n) is 7.87. The summed E-state index contributed by atoms with van der Waals surface area (Å²) in [6.07, 6.45) is 4.76. The molecule has 4 rings (SSSR count). The van der Waals surface area contributed by atoms with E-state index >= 15 is 0 Å². The quantitative estimate of drug-likeness (QED) is 0.531. The lowest BCUT2D eigenvalue weighted by molar-refractivity contribution is -0.930. The third kappa shape index (κ3) is 4.77. The molecule has 2 aromatic carbocycles. The van der Waals surface area contributed by atoms with Crippen LogP contribution in [-0.4, -0.2) is 19.0 Å². The highest BCUT2D eigenvalue weighted by atomic mass is 35.5. The van der Waals surface area contributed by atoms with Crippen LogP contribution in [0.5, 0.6) is 0 Å². The first-order chi connectivity index (χ1) is 14.7. The van der Waals surface area contributed by atoms with Crippen molar-refractivity contribution in [1.82, 2.24) is 0 Å². The van der Waals surface area contributed by atoms with Crippen LogP contribution in [-0.2, 0) is 6.42 Å². The summed E-state index contributed by atoms with van der Waals surface area (Å²) in [5.74, 6) is -0.0511. The largest absolute Gasteiger partial charge is 0.325 e. The summed E-state index contributed by atoms with van der Waals surface area (Å²) in [7, 11) is 0. The number of hydrogen-bond donors (Lipinski definition) is 2. The lowest BCUT2D eigenvalue weighted by atomic mass is 9.95. The number of halogens is 1. The zero-order chi connectivity index (χ0) is 20.9. The van der Waals surface area contributed by atoms with Crippen molar-refractivity contribution in [3.63, 3.8) is 0 Å². The molecule has 2 heterocycles. The molecule has 0 saturated carbocycles. The van der Waals surface area contributed by atoms with Crippen LogP contribution in [0.25, 0.3) is 0 Å². The zero-order valence-electron chi connectivity index (χ0n) is 17.3. The van der Waals surface area contributed by atoms with E-state index in [9.17, 15) is 4.79 Å². The number of piperidine rings is 1. The van der Waals surface area contributed by atoms with E-state index in [1.807, 2.05) is 42.5 Å². The number of aryl methyl sites for hydroxylation is 1. The second-order valence-corrected chi connectivity index (χ2v) is 9.45. The number of quaternary nitrogens is 1. The van der Waals surface area contributed by atoms with Gasteiger partial charge in [-0.3, -0.25) is 4.79 Å². The molecule has 30 heavy (non-hydrogen) atoms. The van der Waals surface area contributed by atoms with E-state index in [4.69, 9.17) is 11.6 Å². The number of nitrogens with one attached hydrogen (secondary N) is 2. The highest BCUT2D eigenvalue weighted by molar-refractivity contribution is 7.16. The lowest BCUT2D eigenvalue weighted by Gasteiger charge is -2.32. The van der Waals surface area contributed by atoms with Crippen LogP contribution in [0.4, 0.5) is 5.00 Å². The Hall–Kier alpha value is -2.14. The number of amides is 1. The standard InChI is InChI=1S/C25H27ClN2OS/c1-2-21-17-22(25(30-21)27-24(29)19-9-5-3-6-10-19)23(28-15-7-4-8-16-28)18-11-13-20(26)14-12-18/h3,5-6,9-14,17,23H,2,4,7-8,15-16H2,1H3,(H,27,29)/p+1/t23-/m0/s1. The van der Waals surface area contributed by atoms with Crippen molar-refractivity contribution >= 4 is 33.8 Å². The van der Waals surface area contributed by atoms with Crippen LogP contribution in [0, 0.1) is 0 Å². The van der Waals surface area contributed by atoms with E-state index in [2.05, 4.69) is 30.4 Å². The highest BCUT2D eigenvalue weighted by Crippen LogP contribution is 2.36. The summed E-state index contributed by atoms with van der Waals surface area (Å²) in [6, 6.07) is 20.2. The maximum atomic E-state index is 12.9. The molecular formula is C25H28ClN2OS+. The molecule has 5 heteroatoms.